The highest BCUT2D eigenvalue weighted by atomic mass is 79.9. The van der Waals surface area contributed by atoms with Gasteiger partial charge in [0.2, 0.25) is 0 Å². The van der Waals surface area contributed by atoms with Gasteiger partial charge in [0, 0.05) is 29.0 Å². The molecule has 0 radical (unpaired) electrons. The van der Waals surface area contributed by atoms with E-state index in [1.807, 2.05) is 12.1 Å². The maximum atomic E-state index is 6.28. The first-order valence-corrected chi connectivity index (χ1v) is 8.10. The van der Waals surface area contributed by atoms with Gasteiger partial charge in [-0.25, -0.2) is 0 Å². The van der Waals surface area contributed by atoms with E-state index in [0.717, 1.165) is 39.8 Å². The molecular formula is C16H21BrN4. The number of benzene rings is 1. The predicted molar refractivity (Wildman–Crippen MR) is 92.8 cm³/mol. The van der Waals surface area contributed by atoms with Crippen molar-refractivity contribution in [2.45, 2.75) is 18.9 Å². The van der Waals surface area contributed by atoms with Crippen LogP contribution < -0.4 is 10.6 Å². The van der Waals surface area contributed by atoms with E-state index in [0.29, 0.717) is 6.04 Å². The molecule has 1 saturated heterocycles. The average molecular weight is 349 g/mol. The summed E-state index contributed by atoms with van der Waals surface area (Å²) < 4.78 is 1.06. The fourth-order valence-corrected chi connectivity index (χ4v) is 3.59. The summed E-state index contributed by atoms with van der Waals surface area (Å²) in [6.07, 6.45) is 4.22. The van der Waals surface area contributed by atoms with E-state index in [2.05, 4.69) is 50.9 Å². The van der Waals surface area contributed by atoms with Gasteiger partial charge >= 0.3 is 0 Å². The molecule has 0 aliphatic carbocycles. The van der Waals surface area contributed by atoms with Crippen LogP contribution in [0.1, 0.15) is 12.8 Å². The molecule has 1 unspecified atom stereocenters. The lowest BCUT2D eigenvalue weighted by Gasteiger charge is -2.30. The number of hydrogen-bond acceptors (Lipinski definition) is 4. The lowest BCUT2D eigenvalue weighted by Crippen LogP contribution is -2.38. The third kappa shape index (κ3) is 2.85. The van der Waals surface area contributed by atoms with Gasteiger partial charge in [-0.05, 0) is 45.1 Å². The van der Waals surface area contributed by atoms with Crippen LogP contribution in [0.4, 0.5) is 11.4 Å². The fraction of sp³-hybridized carbons (Fsp3) is 0.438. The zero-order valence-corrected chi connectivity index (χ0v) is 14.1. The fourth-order valence-electron chi connectivity index (χ4n) is 3.23. The van der Waals surface area contributed by atoms with Gasteiger partial charge in [0.05, 0.1) is 23.1 Å². The van der Waals surface area contributed by atoms with Crippen LogP contribution in [0, 0.1) is 0 Å². The molecule has 5 heteroatoms. The molecule has 1 aromatic carbocycles. The summed E-state index contributed by atoms with van der Waals surface area (Å²) in [6.45, 7) is 2.12. The Kier molecular flexibility index (Phi) is 4.04. The molecule has 112 valence electrons. The Hall–Kier alpha value is -1.33. The van der Waals surface area contributed by atoms with E-state index < -0.39 is 0 Å². The third-order valence-electron chi connectivity index (χ3n) is 4.07. The standard InChI is InChI=1S/C16H21BrN4/c1-20(2)10-12-4-3-7-21(12)16-13-8-11(17)5-6-15(13)19-9-14(16)18/h5-6,8-9,12H,3-4,7,10,18H2,1-2H3. The zero-order chi connectivity index (χ0) is 15.0. The van der Waals surface area contributed by atoms with Crippen molar-refractivity contribution in [3.05, 3.63) is 28.9 Å². The maximum absolute atomic E-state index is 6.28. The van der Waals surface area contributed by atoms with Crippen molar-refractivity contribution in [1.82, 2.24) is 9.88 Å². The number of aromatic nitrogens is 1. The van der Waals surface area contributed by atoms with Crippen molar-refractivity contribution in [3.63, 3.8) is 0 Å². The monoisotopic (exact) mass is 348 g/mol. The Morgan fingerprint density at radius 1 is 1.43 bits per heavy atom. The van der Waals surface area contributed by atoms with Crippen LogP contribution in [0.25, 0.3) is 10.9 Å². The second-order valence-electron chi connectivity index (χ2n) is 5.98. The first-order valence-electron chi connectivity index (χ1n) is 7.31. The van der Waals surface area contributed by atoms with Crippen LogP contribution in [-0.2, 0) is 0 Å². The van der Waals surface area contributed by atoms with Crippen molar-refractivity contribution in [3.8, 4) is 0 Å². The van der Waals surface area contributed by atoms with E-state index in [-0.39, 0.29) is 0 Å². The summed E-state index contributed by atoms with van der Waals surface area (Å²) in [5.74, 6) is 0. The van der Waals surface area contributed by atoms with E-state index in [1.54, 1.807) is 6.20 Å². The molecule has 4 nitrogen and oxygen atoms in total. The summed E-state index contributed by atoms with van der Waals surface area (Å²) in [4.78, 5) is 9.17. The van der Waals surface area contributed by atoms with Gasteiger partial charge < -0.3 is 15.5 Å². The highest BCUT2D eigenvalue weighted by Crippen LogP contribution is 2.37. The van der Waals surface area contributed by atoms with Crippen LogP contribution in [-0.4, -0.2) is 43.1 Å². The van der Waals surface area contributed by atoms with Gasteiger partial charge in [-0.1, -0.05) is 15.9 Å². The summed E-state index contributed by atoms with van der Waals surface area (Å²) in [5, 5.41) is 1.13. The Balaban J connectivity index is 2.10. The molecular weight excluding hydrogens is 328 g/mol. The van der Waals surface area contributed by atoms with E-state index >= 15 is 0 Å². The molecule has 2 aromatic rings. The molecule has 0 saturated carbocycles. The Bertz CT molecular complexity index is 651. The number of rotatable bonds is 3. The number of nitrogens with zero attached hydrogens (tertiary/aromatic N) is 3. The largest absolute Gasteiger partial charge is 0.396 e. The molecule has 0 amide bonds. The van der Waals surface area contributed by atoms with Gasteiger partial charge in [-0.3, -0.25) is 4.98 Å². The van der Waals surface area contributed by atoms with E-state index in [1.165, 1.54) is 12.8 Å². The van der Waals surface area contributed by atoms with Crippen molar-refractivity contribution in [1.29, 1.82) is 0 Å². The topological polar surface area (TPSA) is 45.4 Å². The zero-order valence-electron chi connectivity index (χ0n) is 12.5. The normalized spacial score (nSPS) is 18.9. The first-order chi connectivity index (χ1) is 10.1. The van der Waals surface area contributed by atoms with Gasteiger partial charge in [0.1, 0.15) is 0 Å². The molecule has 2 heterocycles. The highest BCUT2D eigenvalue weighted by Gasteiger charge is 2.28. The lowest BCUT2D eigenvalue weighted by atomic mass is 10.1. The van der Waals surface area contributed by atoms with Gasteiger partial charge in [-0.2, -0.15) is 0 Å². The number of anilines is 2. The molecule has 1 aromatic heterocycles. The second kappa shape index (κ2) is 5.81. The number of nitrogen functional groups attached to an aromatic ring is 1. The molecule has 0 bridgehead atoms. The van der Waals surface area contributed by atoms with Gasteiger partial charge in [0.25, 0.3) is 0 Å². The Morgan fingerprint density at radius 3 is 3.00 bits per heavy atom. The van der Waals surface area contributed by atoms with Crippen molar-refractivity contribution in [2.75, 3.05) is 37.8 Å². The molecule has 0 spiro atoms. The van der Waals surface area contributed by atoms with Crippen LogP contribution in [0.2, 0.25) is 0 Å². The Morgan fingerprint density at radius 2 is 2.24 bits per heavy atom. The van der Waals surface area contributed by atoms with Gasteiger partial charge in [-0.15, -0.1) is 0 Å². The molecule has 1 atom stereocenters. The number of fused-ring (bicyclic) bond motifs is 1. The van der Waals surface area contributed by atoms with Crippen LogP contribution in [0.3, 0.4) is 0 Å². The van der Waals surface area contributed by atoms with Crippen molar-refractivity contribution >= 4 is 38.2 Å². The highest BCUT2D eigenvalue weighted by molar-refractivity contribution is 9.10. The smallest absolute Gasteiger partial charge is 0.0745 e. The maximum Gasteiger partial charge on any atom is 0.0745 e. The second-order valence-corrected chi connectivity index (χ2v) is 6.89. The summed E-state index contributed by atoms with van der Waals surface area (Å²) >= 11 is 3.56. The van der Waals surface area contributed by atoms with Crippen LogP contribution in [0.5, 0.6) is 0 Å². The third-order valence-corrected chi connectivity index (χ3v) is 4.56. The predicted octanol–water partition coefficient (Wildman–Crippen LogP) is 3.11. The lowest BCUT2D eigenvalue weighted by molar-refractivity contribution is 0.372. The number of hydrogen-bond donors (Lipinski definition) is 1. The summed E-state index contributed by atoms with van der Waals surface area (Å²) in [5.41, 5.74) is 9.19. The van der Waals surface area contributed by atoms with Gasteiger partial charge in [0.15, 0.2) is 0 Å². The summed E-state index contributed by atoms with van der Waals surface area (Å²) in [7, 11) is 4.25. The SMILES string of the molecule is CN(C)CC1CCCN1c1c(N)cnc2ccc(Br)cc12. The van der Waals surface area contributed by atoms with Crippen LogP contribution >= 0.6 is 15.9 Å². The molecule has 1 aliphatic heterocycles. The quantitative estimate of drug-likeness (QED) is 0.925. The van der Waals surface area contributed by atoms with E-state index in [9.17, 15) is 0 Å². The first kappa shape index (κ1) is 14.6. The minimum absolute atomic E-state index is 0.520. The molecule has 3 rings (SSSR count). The molecule has 1 aliphatic rings. The number of nitrogens with two attached hydrogens (primary N) is 1. The van der Waals surface area contributed by atoms with Crippen LogP contribution in [0.15, 0.2) is 28.9 Å². The Labute approximate surface area is 134 Å². The number of halogens is 1. The number of pyridine rings is 1. The minimum atomic E-state index is 0.520. The minimum Gasteiger partial charge on any atom is -0.396 e. The molecule has 21 heavy (non-hydrogen) atoms. The van der Waals surface area contributed by atoms with E-state index in [4.69, 9.17) is 5.73 Å². The summed E-state index contributed by atoms with van der Waals surface area (Å²) in [6, 6.07) is 6.71. The number of likely N-dealkylation sites (N-methyl/N-ethyl adjacent to an activating group) is 1. The molecule has 1 fully saturated rings. The average Bonchev–Trinajstić information content (AvgIpc) is 2.85. The molecule has 2 N–H and O–H groups in total. The van der Waals surface area contributed by atoms with Crippen molar-refractivity contribution in [2.24, 2.45) is 0 Å². The van der Waals surface area contributed by atoms with Crippen molar-refractivity contribution < 1.29 is 0 Å².